The molecule has 0 unspecified atom stereocenters. The third-order valence-electron chi connectivity index (χ3n) is 4.88. The van der Waals surface area contributed by atoms with Crippen LogP contribution in [0.2, 0.25) is 0 Å². The summed E-state index contributed by atoms with van der Waals surface area (Å²) in [6.45, 7) is 3.24. The standard InChI is InChI=1S/C21H21ClN2O3S/c1-12-9-16-20(28-21(24-16)13-5-6-13)14(15(12)10-19(25)26)3-2-4-18-17(11-22)23-7-8-27-18/h2-4,9,11,13,23H,5-8,10H2,1H3,(H,25,26)/b3-2+,17-11-,18-4+. The number of carbonyl (C=O) groups is 1. The number of hydrogen-bond acceptors (Lipinski definition) is 5. The molecule has 146 valence electrons. The Balaban J connectivity index is 1.77. The van der Waals surface area contributed by atoms with Crippen molar-refractivity contribution in [1.29, 1.82) is 0 Å². The van der Waals surface area contributed by atoms with Crippen molar-refractivity contribution < 1.29 is 14.6 Å². The molecule has 5 nitrogen and oxygen atoms in total. The third kappa shape index (κ3) is 3.93. The van der Waals surface area contributed by atoms with Gasteiger partial charge in [-0.15, -0.1) is 11.3 Å². The molecular weight excluding hydrogens is 396 g/mol. The van der Waals surface area contributed by atoms with Gasteiger partial charge < -0.3 is 15.2 Å². The van der Waals surface area contributed by atoms with Gasteiger partial charge in [-0.1, -0.05) is 23.8 Å². The lowest BCUT2D eigenvalue weighted by Gasteiger charge is -2.20. The van der Waals surface area contributed by atoms with Gasteiger partial charge in [0.2, 0.25) is 0 Å². The van der Waals surface area contributed by atoms with Gasteiger partial charge in [-0.05, 0) is 48.6 Å². The topological polar surface area (TPSA) is 71.5 Å². The summed E-state index contributed by atoms with van der Waals surface area (Å²) in [5, 5.41) is 13.7. The van der Waals surface area contributed by atoms with Gasteiger partial charge in [0.05, 0.1) is 27.3 Å². The Bertz CT molecular complexity index is 1020. The van der Waals surface area contributed by atoms with Crippen molar-refractivity contribution in [3.8, 4) is 0 Å². The maximum Gasteiger partial charge on any atom is 0.307 e. The average molecular weight is 417 g/mol. The number of morpholine rings is 1. The first-order valence-electron chi connectivity index (χ1n) is 9.27. The molecule has 1 saturated carbocycles. The number of hydrogen-bond donors (Lipinski definition) is 2. The molecule has 0 spiro atoms. The number of fused-ring (bicyclic) bond motifs is 1. The second kappa shape index (κ2) is 7.97. The van der Waals surface area contributed by atoms with Crippen molar-refractivity contribution in [3.63, 3.8) is 0 Å². The predicted octanol–water partition coefficient (Wildman–Crippen LogP) is 4.71. The fourth-order valence-electron chi connectivity index (χ4n) is 3.32. The van der Waals surface area contributed by atoms with E-state index in [1.165, 1.54) is 18.4 Å². The first kappa shape index (κ1) is 19.0. The monoisotopic (exact) mass is 416 g/mol. The number of halogens is 1. The second-order valence-corrected chi connectivity index (χ2v) is 8.27. The van der Waals surface area contributed by atoms with Gasteiger partial charge in [-0.25, -0.2) is 4.98 Å². The van der Waals surface area contributed by atoms with Crippen LogP contribution in [0.15, 0.2) is 35.2 Å². The summed E-state index contributed by atoms with van der Waals surface area (Å²) in [5.41, 5.74) is 5.86. The minimum Gasteiger partial charge on any atom is -0.490 e. The zero-order valence-electron chi connectivity index (χ0n) is 15.5. The van der Waals surface area contributed by atoms with Crippen molar-refractivity contribution in [1.82, 2.24) is 10.3 Å². The number of aliphatic carboxylic acids is 1. The smallest absolute Gasteiger partial charge is 0.307 e. The Labute approximate surface area is 172 Å². The van der Waals surface area contributed by atoms with E-state index >= 15 is 0 Å². The van der Waals surface area contributed by atoms with Crippen LogP contribution in [0.1, 0.15) is 40.5 Å². The van der Waals surface area contributed by atoms with E-state index in [1.807, 2.05) is 31.2 Å². The molecule has 0 bridgehead atoms. The van der Waals surface area contributed by atoms with E-state index in [0.29, 0.717) is 24.8 Å². The van der Waals surface area contributed by atoms with Crippen LogP contribution in [0.25, 0.3) is 16.3 Å². The first-order chi connectivity index (χ1) is 13.6. The maximum absolute atomic E-state index is 11.4. The Morgan fingerprint density at radius 1 is 1.50 bits per heavy atom. The van der Waals surface area contributed by atoms with Crippen LogP contribution in [0.3, 0.4) is 0 Å². The van der Waals surface area contributed by atoms with E-state index in [4.69, 9.17) is 21.3 Å². The molecule has 2 N–H and O–H groups in total. The Morgan fingerprint density at radius 3 is 3.04 bits per heavy atom. The largest absolute Gasteiger partial charge is 0.490 e. The quantitative estimate of drug-likeness (QED) is 0.738. The van der Waals surface area contributed by atoms with E-state index in [2.05, 4.69) is 5.32 Å². The predicted molar refractivity (Wildman–Crippen MR) is 113 cm³/mol. The number of thiazole rings is 1. The molecule has 0 radical (unpaired) electrons. The zero-order chi connectivity index (χ0) is 19.7. The molecule has 0 amide bonds. The molecule has 28 heavy (non-hydrogen) atoms. The van der Waals surface area contributed by atoms with Crippen molar-refractivity contribution in [2.75, 3.05) is 13.2 Å². The number of carboxylic acids is 1. The van der Waals surface area contributed by atoms with Crippen LogP contribution in [0.4, 0.5) is 0 Å². The van der Waals surface area contributed by atoms with Gasteiger partial charge >= 0.3 is 5.97 Å². The minimum atomic E-state index is -0.838. The molecule has 2 aliphatic rings. The average Bonchev–Trinajstić information content (AvgIpc) is 3.44. The number of rotatable bonds is 5. The van der Waals surface area contributed by atoms with Gasteiger partial charge in [-0.2, -0.15) is 0 Å². The molecule has 1 aromatic heterocycles. The van der Waals surface area contributed by atoms with E-state index in [-0.39, 0.29) is 6.42 Å². The highest BCUT2D eigenvalue weighted by Gasteiger charge is 2.28. The molecule has 1 aliphatic heterocycles. The lowest BCUT2D eigenvalue weighted by Crippen LogP contribution is -2.26. The normalized spacial score (nSPS) is 20.1. The Hall–Kier alpha value is -2.31. The molecule has 0 atom stereocenters. The van der Waals surface area contributed by atoms with Crippen LogP contribution in [-0.2, 0) is 16.0 Å². The first-order valence-corrected chi connectivity index (χ1v) is 10.5. The maximum atomic E-state index is 11.4. The highest BCUT2D eigenvalue weighted by atomic mass is 35.5. The highest BCUT2D eigenvalue weighted by Crippen LogP contribution is 2.44. The Morgan fingerprint density at radius 2 is 2.32 bits per heavy atom. The van der Waals surface area contributed by atoms with Crippen molar-refractivity contribution in [3.05, 3.63) is 56.9 Å². The SMILES string of the molecule is Cc1cc2nc(C3CC3)sc2c(/C=C/C=C2/OCCN/C2=C\Cl)c1CC(=O)O. The van der Waals surface area contributed by atoms with Gasteiger partial charge in [0.25, 0.3) is 0 Å². The van der Waals surface area contributed by atoms with E-state index in [9.17, 15) is 9.90 Å². The highest BCUT2D eigenvalue weighted by molar-refractivity contribution is 7.19. The number of nitrogens with one attached hydrogen (secondary N) is 1. The van der Waals surface area contributed by atoms with Crippen molar-refractivity contribution in [2.45, 2.75) is 32.1 Å². The molecule has 1 saturated heterocycles. The molecule has 1 aliphatic carbocycles. The lowest BCUT2D eigenvalue weighted by atomic mass is 9.98. The lowest BCUT2D eigenvalue weighted by molar-refractivity contribution is -0.136. The number of carboxylic acid groups (broad SMARTS) is 1. The third-order valence-corrected chi connectivity index (χ3v) is 6.37. The summed E-state index contributed by atoms with van der Waals surface area (Å²) in [6.07, 6.45) is 8.06. The minimum absolute atomic E-state index is 0.0143. The number of allylic oxidation sites excluding steroid dienone is 2. The molecule has 4 rings (SSSR count). The van der Waals surface area contributed by atoms with E-state index in [0.717, 1.165) is 37.6 Å². The summed E-state index contributed by atoms with van der Waals surface area (Å²) in [5.74, 6) is 0.399. The molecule has 2 heterocycles. The number of nitrogens with zero attached hydrogens (tertiary/aromatic N) is 1. The van der Waals surface area contributed by atoms with Crippen LogP contribution in [0.5, 0.6) is 0 Å². The van der Waals surface area contributed by atoms with Crippen LogP contribution >= 0.6 is 22.9 Å². The summed E-state index contributed by atoms with van der Waals surface area (Å²) >= 11 is 7.53. The van der Waals surface area contributed by atoms with E-state index < -0.39 is 5.97 Å². The summed E-state index contributed by atoms with van der Waals surface area (Å²) in [6, 6.07) is 2.01. The van der Waals surface area contributed by atoms with Gasteiger partial charge in [-0.3, -0.25) is 4.79 Å². The Kier molecular flexibility index (Phi) is 5.42. The van der Waals surface area contributed by atoms with Gasteiger partial charge in [0.1, 0.15) is 12.4 Å². The number of ether oxygens (including phenoxy) is 1. The summed E-state index contributed by atoms with van der Waals surface area (Å²) in [4.78, 5) is 16.2. The molecular formula is C21H21ClN2O3S. The summed E-state index contributed by atoms with van der Waals surface area (Å²) < 4.78 is 6.71. The molecule has 7 heteroatoms. The number of aromatic nitrogens is 1. The summed E-state index contributed by atoms with van der Waals surface area (Å²) in [7, 11) is 0. The number of benzene rings is 1. The zero-order valence-corrected chi connectivity index (χ0v) is 17.1. The van der Waals surface area contributed by atoms with Crippen LogP contribution < -0.4 is 5.32 Å². The van der Waals surface area contributed by atoms with E-state index in [1.54, 1.807) is 11.3 Å². The van der Waals surface area contributed by atoms with Gasteiger partial charge in [0.15, 0.2) is 0 Å². The fraction of sp³-hybridized carbons (Fsp3) is 0.333. The number of aryl methyl sites for hydroxylation is 1. The fourth-order valence-corrected chi connectivity index (χ4v) is 4.77. The molecule has 1 aromatic carbocycles. The van der Waals surface area contributed by atoms with Crippen LogP contribution in [0, 0.1) is 6.92 Å². The molecule has 2 fully saturated rings. The van der Waals surface area contributed by atoms with Gasteiger partial charge in [0, 0.05) is 18.0 Å². The second-order valence-electron chi connectivity index (χ2n) is 7.02. The van der Waals surface area contributed by atoms with Crippen molar-refractivity contribution in [2.24, 2.45) is 0 Å². The van der Waals surface area contributed by atoms with Crippen molar-refractivity contribution >= 4 is 45.2 Å². The molecule has 2 aromatic rings. The van der Waals surface area contributed by atoms with Crippen LogP contribution in [-0.4, -0.2) is 29.2 Å².